The highest BCUT2D eigenvalue weighted by Crippen LogP contribution is 2.33. The van der Waals surface area contributed by atoms with Gasteiger partial charge in [0.15, 0.2) is 5.65 Å². The molecular weight excluding hydrogens is 419 g/mol. The molecule has 2 atom stereocenters. The first kappa shape index (κ1) is 22.6. The van der Waals surface area contributed by atoms with E-state index in [0.29, 0.717) is 0 Å². The number of nitrogens with one attached hydrogen (secondary N) is 1. The van der Waals surface area contributed by atoms with Gasteiger partial charge in [-0.1, -0.05) is 49.2 Å². The Morgan fingerprint density at radius 1 is 1.32 bits per heavy atom. The molecule has 0 amide bonds. The van der Waals surface area contributed by atoms with Crippen LogP contribution in [0.3, 0.4) is 0 Å². The zero-order chi connectivity index (χ0) is 22.9. The van der Waals surface area contributed by atoms with Gasteiger partial charge in [0.2, 0.25) is 0 Å². The van der Waals surface area contributed by atoms with E-state index in [1.54, 1.807) is 18.2 Å². The Morgan fingerprint density at radius 3 is 2.58 bits per heavy atom. The predicted octanol–water partition coefficient (Wildman–Crippen LogP) is 4.78. The van der Waals surface area contributed by atoms with Crippen LogP contribution >= 0.6 is 11.6 Å². The number of aromatic nitrogens is 3. The summed E-state index contributed by atoms with van der Waals surface area (Å²) in [6.07, 6.45) is 1.88. The second kappa shape index (κ2) is 8.98. The van der Waals surface area contributed by atoms with Crippen LogP contribution in [-0.4, -0.2) is 27.3 Å². The quantitative estimate of drug-likeness (QED) is 0.440. The molecule has 0 aliphatic heterocycles. The summed E-state index contributed by atoms with van der Waals surface area (Å²) in [7, 11) is 0. The minimum atomic E-state index is -0.632. The summed E-state index contributed by atoms with van der Waals surface area (Å²) >= 11 is 6.37. The average Bonchev–Trinajstić information content (AvgIpc) is 2.73. The molecule has 3 rings (SSSR count). The van der Waals surface area contributed by atoms with Crippen molar-refractivity contribution in [2.75, 3.05) is 0 Å². The molecular formula is C23H24ClFN4O2. The summed E-state index contributed by atoms with van der Waals surface area (Å²) in [5.74, 6) is -0.464. The molecule has 2 unspecified atom stereocenters. The third kappa shape index (κ3) is 4.10. The van der Waals surface area contributed by atoms with Gasteiger partial charge in [-0.3, -0.25) is 19.3 Å². The van der Waals surface area contributed by atoms with Gasteiger partial charge < -0.3 is 0 Å². The maximum atomic E-state index is 14.5. The van der Waals surface area contributed by atoms with Crippen molar-refractivity contribution >= 4 is 29.4 Å². The average molecular weight is 443 g/mol. The van der Waals surface area contributed by atoms with Crippen LogP contribution in [0, 0.1) is 11.7 Å². The molecule has 6 nitrogen and oxygen atoms in total. The number of halogens is 2. The van der Waals surface area contributed by atoms with E-state index in [2.05, 4.69) is 21.7 Å². The van der Waals surface area contributed by atoms with E-state index < -0.39 is 23.1 Å². The topological polar surface area (TPSA) is 80.1 Å². The van der Waals surface area contributed by atoms with Crippen molar-refractivity contribution in [3.63, 3.8) is 0 Å². The summed E-state index contributed by atoms with van der Waals surface area (Å²) < 4.78 is 15.9. The lowest BCUT2D eigenvalue weighted by molar-refractivity contribution is 0.373. The Hall–Kier alpha value is -3.06. The molecule has 8 heteroatoms. The maximum Gasteiger partial charge on any atom is 0.330 e. The Morgan fingerprint density at radius 2 is 2.00 bits per heavy atom. The van der Waals surface area contributed by atoms with E-state index in [0.717, 1.165) is 5.57 Å². The van der Waals surface area contributed by atoms with E-state index in [4.69, 9.17) is 11.6 Å². The molecule has 1 N–H and O–H groups in total. The lowest BCUT2D eigenvalue weighted by Gasteiger charge is -2.30. The van der Waals surface area contributed by atoms with Crippen LogP contribution in [0.1, 0.15) is 33.7 Å². The summed E-state index contributed by atoms with van der Waals surface area (Å²) in [4.78, 5) is 36.7. The lowest BCUT2D eigenvalue weighted by Crippen LogP contribution is -2.39. The molecule has 3 aromatic rings. The molecule has 31 heavy (non-hydrogen) atoms. The smallest absolute Gasteiger partial charge is 0.295 e. The van der Waals surface area contributed by atoms with Crippen LogP contribution in [0.5, 0.6) is 0 Å². The van der Waals surface area contributed by atoms with Crippen LogP contribution in [0.4, 0.5) is 4.39 Å². The monoisotopic (exact) mass is 442 g/mol. The lowest BCUT2D eigenvalue weighted by atomic mass is 9.91. The maximum absolute atomic E-state index is 14.5. The molecule has 1 aromatic carbocycles. The van der Waals surface area contributed by atoms with Gasteiger partial charge in [0.1, 0.15) is 5.82 Å². The number of hydrogen-bond donors (Lipinski definition) is 1. The number of benzene rings is 1. The van der Waals surface area contributed by atoms with Crippen LogP contribution in [0.15, 0.2) is 56.6 Å². The molecule has 2 heterocycles. The van der Waals surface area contributed by atoms with Crippen molar-refractivity contribution in [1.29, 1.82) is 0 Å². The molecule has 0 aliphatic carbocycles. The number of nitrogens with zero attached hydrogens (tertiary/aromatic N) is 3. The molecule has 0 bridgehead atoms. The fourth-order valence-electron chi connectivity index (χ4n) is 3.72. The molecule has 0 saturated carbocycles. The first-order chi connectivity index (χ1) is 14.7. The highest BCUT2D eigenvalue weighted by atomic mass is 35.5. The van der Waals surface area contributed by atoms with Gasteiger partial charge in [-0.2, -0.15) is 0 Å². The summed E-state index contributed by atoms with van der Waals surface area (Å²) in [5.41, 5.74) is 0.0380. The summed E-state index contributed by atoms with van der Waals surface area (Å²) in [5, 5.41) is 0.236. The Kier molecular flexibility index (Phi) is 6.55. The van der Waals surface area contributed by atoms with Gasteiger partial charge in [-0.15, -0.1) is 0 Å². The molecule has 162 valence electrons. The number of rotatable bonds is 6. The molecule has 0 spiro atoms. The second-order valence-electron chi connectivity index (χ2n) is 7.69. The molecule has 0 fully saturated rings. The van der Waals surface area contributed by atoms with Gasteiger partial charge in [-0.05, 0) is 44.7 Å². The minimum absolute atomic E-state index is 0.0459. The number of fused-ring (bicyclic) bond motifs is 1. The zero-order valence-electron chi connectivity index (χ0n) is 17.8. The van der Waals surface area contributed by atoms with Crippen LogP contribution in [-0.2, 0) is 0 Å². The van der Waals surface area contributed by atoms with E-state index in [1.807, 2.05) is 33.8 Å². The standard InChI is InChI=1S/C23H24ClFN4O2/c1-6-13(4)20(18(26-5)12(2)3)29-21-15(22(30)28-23(29)31)11-16(24)19(27-21)14-9-7-8-10-17(14)25/h6-12,18,20H,5H2,1-4H3,(H,28,30,31)/b13-6-. The van der Waals surface area contributed by atoms with Crippen LogP contribution < -0.4 is 11.2 Å². The van der Waals surface area contributed by atoms with Crippen LogP contribution in [0.25, 0.3) is 22.3 Å². The van der Waals surface area contributed by atoms with Gasteiger partial charge >= 0.3 is 5.69 Å². The van der Waals surface area contributed by atoms with E-state index in [1.165, 1.54) is 16.7 Å². The highest BCUT2D eigenvalue weighted by Gasteiger charge is 2.30. The van der Waals surface area contributed by atoms with Gasteiger partial charge in [0, 0.05) is 5.56 Å². The zero-order valence-corrected chi connectivity index (χ0v) is 18.6. The Balaban J connectivity index is 2.47. The van der Waals surface area contributed by atoms with Crippen molar-refractivity contribution in [2.24, 2.45) is 10.9 Å². The van der Waals surface area contributed by atoms with Crippen molar-refractivity contribution in [2.45, 2.75) is 39.8 Å². The number of H-pyrrole nitrogens is 1. The van der Waals surface area contributed by atoms with E-state index >= 15 is 0 Å². The summed E-state index contributed by atoms with van der Waals surface area (Å²) in [6.45, 7) is 11.4. The molecule has 0 radical (unpaired) electrons. The SMILES string of the molecule is C=NC(C(C)C)C(/C(C)=C\C)n1c(=O)[nH]c(=O)c2cc(Cl)c(-c3ccccc3F)nc21. The summed E-state index contributed by atoms with van der Waals surface area (Å²) in [6, 6.07) is 6.56. The third-order valence-electron chi connectivity index (χ3n) is 5.41. The first-order valence-corrected chi connectivity index (χ1v) is 10.3. The number of hydrogen-bond acceptors (Lipinski definition) is 4. The highest BCUT2D eigenvalue weighted by molar-refractivity contribution is 6.33. The van der Waals surface area contributed by atoms with Gasteiger partial charge in [0.05, 0.1) is 28.2 Å². The van der Waals surface area contributed by atoms with E-state index in [-0.39, 0.29) is 39.3 Å². The fraction of sp³-hybridized carbons (Fsp3) is 0.304. The second-order valence-corrected chi connectivity index (χ2v) is 8.10. The fourth-order valence-corrected chi connectivity index (χ4v) is 3.98. The number of allylic oxidation sites excluding steroid dienone is 1. The van der Waals surface area contributed by atoms with Crippen molar-refractivity contribution < 1.29 is 4.39 Å². The van der Waals surface area contributed by atoms with Gasteiger partial charge in [-0.25, -0.2) is 14.2 Å². The first-order valence-electron chi connectivity index (χ1n) is 9.89. The van der Waals surface area contributed by atoms with Crippen LogP contribution in [0.2, 0.25) is 5.02 Å². The third-order valence-corrected chi connectivity index (χ3v) is 5.70. The molecule has 0 saturated heterocycles. The van der Waals surface area contributed by atoms with E-state index in [9.17, 15) is 14.0 Å². The molecule has 2 aromatic heterocycles. The Labute approximate surface area is 184 Å². The normalized spacial score (nSPS) is 14.1. The van der Waals surface area contributed by atoms with Crippen molar-refractivity contribution in [1.82, 2.24) is 14.5 Å². The number of pyridine rings is 1. The van der Waals surface area contributed by atoms with Crippen molar-refractivity contribution in [3.8, 4) is 11.3 Å². The molecule has 0 aliphatic rings. The van der Waals surface area contributed by atoms with Gasteiger partial charge in [0.25, 0.3) is 5.56 Å². The predicted molar refractivity (Wildman–Crippen MR) is 124 cm³/mol. The number of aromatic amines is 1. The minimum Gasteiger partial charge on any atom is -0.295 e. The van der Waals surface area contributed by atoms with Crippen molar-refractivity contribution in [3.05, 3.63) is 73.7 Å². The largest absolute Gasteiger partial charge is 0.330 e. The number of aliphatic imine (C=N–C) groups is 1. The Bertz CT molecular complexity index is 1290.